The van der Waals surface area contributed by atoms with Gasteiger partial charge in [0.1, 0.15) is 0 Å². The highest BCUT2D eigenvalue weighted by atomic mass is 16.2. The van der Waals surface area contributed by atoms with Crippen LogP contribution < -0.4 is 10.2 Å². The van der Waals surface area contributed by atoms with Gasteiger partial charge in [-0.1, -0.05) is 25.1 Å². The van der Waals surface area contributed by atoms with Gasteiger partial charge in [0.25, 0.3) is 5.91 Å². The van der Waals surface area contributed by atoms with Crippen molar-refractivity contribution in [1.29, 1.82) is 0 Å². The number of nitrogens with one attached hydrogen (secondary N) is 2. The average molecular weight is 326 g/mol. The van der Waals surface area contributed by atoms with Gasteiger partial charge in [0.2, 0.25) is 5.91 Å². The molecule has 2 heterocycles. The Balaban J connectivity index is 1.58. The number of aromatic nitrogens is 2. The Kier molecular flexibility index (Phi) is 4.64. The lowest BCUT2D eigenvalue weighted by Gasteiger charge is -2.16. The van der Waals surface area contributed by atoms with E-state index in [2.05, 4.69) is 15.5 Å². The second kappa shape index (κ2) is 6.86. The molecule has 2 N–H and O–H groups in total. The molecule has 1 aliphatic heterocycles. The van der Waals surface area contributed by atoms with Crippen LogP contribution in [0.4, 0.5) is 5.69 Å². The molecule has 1 aliphatic rings. The molecule has 1 saturated heterocycles. The monoisotopic (exact) mass is 326 g/mol. The summed E-state index contributed by atoms with van der Waals surface area (Å²) in [7, 11) is 0. The fraction of sp³-hybridized carbons (Fsp3) is 0.389. The second-order valence-corrected chi connectivity index (χ2v) is 6.15. The molecule has 1 fully saturated rings. The average Bonchev–Trinajstić information content (AvgIpc) is 3.16. The van der Waals surface area contributed by atoms with Crippen molar-refractivity contribution < 1.29 is 9.59 Å². The van der Waals surface area contributed by atoms with Gasteiger partial charge in [-0.2, -0.15) is 5.10 Å². The molecule has 0 saturated carbocycles. The van der Waals surface area contributed by atoms with Crippen molar-refractivity contribution in [2.24, 2.45) is 5.92 Å². The highest BCUT2D eigenvalue weighted by Gasteiger charge is 2.31. The predicted octanol–water partition coefficient (Wildman–Crippen LogP) is 2.06. The van der Waals surface area contributed by atoms with Gasteiger partial charge in [-0.15, -0.1) is 0 Å². The van der Waals surface area contributed by atoms with Crippen molar-refractivity contribution in [2.45, 2.75) is 26.7 Å². The van der Waals surface area contributed by atoms with Gasteiger partial charge < -0.3 is 10.2 Å². The summed E-state index contributed by atoms with van der Waals surface area (Å²) in [5.74, 6) is 0.0327. The van der Waals surface area contributed by atoms with E-state index in [1.807, 2.05) is 44.2 Å². The number of H-pyrrole nitrogens is 1. The van der Waals surface area contributed by atoms with Crippen LogP contribution in [-0.4, -0.2) is 35.1 Å². The van der Waals surface area contributed by atoms with Gasteiger partial charge in [0.15, 0.2) is 5.69 Å². The molecule has 0 radical (unpaired) electrons. The Morgan fingerprint density at radius 1 is 1.38 bits per heavy atom. The molecule has 6 heteroatoms. The lowest BCUT2D eigenvalue weighted by Crippen LogP contribution is -2.31. The Labute approximate surface area is 141 Å². The number of benzene rings is 1. The maximum Gasteiger partial charge on any atom is 0.272 e. The number of aromatic amines is 1. The summed E-state index contributed by atoms with van der Waals surface area (Å²) in [6, 6.07) is 9.63. The maximum atomic E-state index is 12.3. The van der Waals surface area contributed by atoms with Crippen LogP contribution in [0, 0.1) is 12.8 Å². The number of carbonyl (C=O) groups is 2. The number of hydrogen-bond donors (Lipinski definition) is 2. The number of aryl methyl sites for hydroxylation is 1. The molecule has 6 nitrogen and oxygen atoms in total. The fourth-order valence-electron chi connectivity index (χ4n) is 3.10. The minimum absolute atomic E-state index is 0.102. The topological polar surface area (TPSA) is 78.1 Å². The highest BCUT2D eigenvalue weighted by Crippen LogP contribution is 2.24. The Bertz CT molecular complexity index is 739. The van der Waals surface area contributed by atoms with Crippen LogP contribution >= 0.6 is 0 Å². The minimum atomic E-state index is -0.186. The number of anilines is 1. The van der Waals surface area contributed by atoms with E-state index in [1.165, 1.54) is 0 Å². The van der Waals surface area contributed by atoms with Gasteiger partial charge in [-0.25, -0.2) is 0 Å². The fourth-order valence-corrected chi connectivity index (χ4v) is 3.10. The van der Waals surface area contributed by atoms with Crippen LogP contribution in [0.3, 0.4) is 0 Å². The molecule has 1 aromatic heterocycles. The first kappa shape index (κ1) is 16.2. The van der Waals surface area contributed by atoms with Gasteiger partial charge in [0.05, 0.1) is 0 Å². The summed E-state index contributed by atoms with van der Waals surface area (Å²) < 4.78 is 0. The smallest absolute Gasteiger partial charge is 0.272 e. The Morgan fingerprint density at radius 3 is 2.79 bits per heavy atom. The first-order valence-corrected chi connectivity index (χ1v) is 8.27. The van der Waals surface area contributed by atoms with Crippen LogP contribution in [0.5, 0.6) is 0 Å². The number of carbonyl (C=O) groups excluding carboxylic acids is 2. The van der Waals surface area contributed by atoms with Crippen LogP contribution in [-0.2, 0) is 11.2 Å². The SMILES string of the molecule is CCc1[nH]nc(C(=O)NC[C@@H]2CC(=O)N(c3ccccc3)C2)c1C. The molecular formula is C18H22N4O2. The van der Waals surface area contributed by atoms with Crippen LogP contribution in [0.15, 0.2) is 30.3 Å². The van der Waals surface area contributed by atoms with Crippen molar-refractivity contribution in [1.82, 2.24) is 15.5 Å². The summed E-state index contributed by atoms with van der Waals surface area (Å²) in [6.45, 7) is 5.02. The van der Waals surface area contributed by atoms with Crippen molar-refractivity contribution in [3.05, 3.63) is 47.3 Å². The van der Waals surface area contributed by atoms with E-state index in [0.717, 1.165) is 23.4 Å². The number of nitrogens with zero attached hydrogens (tertiary/aromatic N) is 2. The normalized spacial score (nSPS) is 17.3. The number of para-hydroxylation sites is 1. The van der Waals surface area contributed by atoms with E-state index in [9.17, 15) is 9.59 Å². The molecule has 0 aliphatic carbocycles. The summed E-state index contributed by atoms with van der Waals surface area (Å²) >= 11 is 0. The third-order valence-electron chi connectivity index (χ3n) is 4.50. The molecule has 126 valence electrons. The second-order valence-electron chi connectivity index (χ2n) is 6.15. The van der Waals surface area contributed by atoms with Crippen molar-refractivity contribution >= 4 is 17.5 Å². The van der Waals surface area contributed by atoms with Crippen molar-refractivity contribution in [3.8, 4) is 0 Å². The standard InChI is InChI=1S/C18H22N4O2/c1-3-15-12(2)17(21-20-15)18(24)19-10-13-9-16(23)22(11-13)14-7-5-4-6-8-14/h4-8,13H,3,9-11H2,1-2H3,(H,19,24)(H,20,21)/t13-/m0/s1. The third-order valence-corrected chi connectivity index (χ3v) is 4.50. The van der Waals surface area contributed by atoms with Gasteiger partial charge in [0, 0.05) is 42.4 Å². The summed E-state index contributed by atoms with van der Waals surface area (Å²) in [4.78, 5) is 26.3. The number of rotatable bonds is 5. The van der Waals surface area contributed by atoms with Gasteiger partial charge >= 0.3 is 0 Å². The largest absolute Gasteiger partial charge is 0.350 e. The molecule has 0 bridgehead atoms. The van der Waals surface area contributed by atoms with E-state index in [1.54, 1.807) is 4.90 Å². The third kappa shape index (κ3) is 3.18. The van der Waals surface area contributed by atoms with Crippen molar-refractivity contribution in [2.75, 3.05) is 18.0 Å². The predicted molar refractivity (Wildman–Crippen MR) is 91.9 cm³/mol. The van der Waals surface area contributed by atoms with E-state index < -0.39 is 0 Å². The first-order chi connectivity index (χ1) is 11.6. The molecule has 1 atom stereocenters. The van der Waals surface area contributed by atoms with Gasteiger partial charge in [-0.3, -0.25) is 14.7 Å². The van der Waals surface area contributed by atoms with Gasteiger partial charge in [-0.05, 0) is 25.5 Å². The lowest BCUT2D eigenvalue weighted by atomic mass is 10.1. The summed E-state index contributed by atoms with van der Waals surface area (Å²) in [5.41, 5.74) is 3.22. The van der Waals surface area contributed by atoms with Crippen LogP contribution in [0.1, 0.15) is 35.1 Å². The quantitative estimate of drug-likeness (QED) is 0.883. The lowest BCUT2D eigenvalue weighted by molar-refractivity contribution is -0.117. The number of hydrogen-bond acceptors (Lipinski definition) is 3. The maximum absolute atomic E-state index is 12.3. The zero-order chi connectivity index (χ0) is 17.1. The minimum Gasteiger partial charge on any atom is -0.350 e. The molecule has 1 aromatic carbocycles. The zero-order valence-electron chi connectivity index (χ0n) is 14.0. The molecular weight excluding hydrogens is 304 g/mol. The Hall–Kier alpha value is -2.63. The highest BCUT2D eigenvalue weighted by molar-refractivity contribution is 5.96. The van der Waals surface area contributed by atoms with E-state index in [4.69, 9.17) is 0 Å². The molecule has 3 rings (SSSR count). The molecule has 2 amide bonds. The summed E-state index contributed by atoms with van der Waals surface area (Å²) in [5, 5.41) is 9.90. The Morgan fingerprint density at radius 2 is 2.12 bits per heavy atom. The van der Waals surface area contributed by atoms with E-state index in [-0.39, 0.29) is 17.7 Å². The van der Waals surface area contributed by atoms with E-state index >= 15 is 0 Å². The zero-order valence-corrected chi connectivity index (χ0v) is 14.0. The number of amides is 2. The van der Waals surface area contributed by atoms with Crippen LogP contribution in [0.2, 0.25) is 0 Å². The van der Waals surface area contributed by atoms with E-state index in [0.29, 0.717) is 25.2 Å². The molecule has 24 heavy (non-hydrogen) atoms. The summed E-state index contributed by atoms with van der Waals surface area (Å²) in [6.07, 6.45) is 1.27. The molecule has 2 aromatic rings. The molecule has 0 spiro atoms. The van der Waals surface area contributed by atoms with Crippen molar-refractivity contribution in [3.63, 3.8) is 0 Å². The van der Waals surface area contributed by atoms with Crippen LogP contribution in [0.25, 0.3) is 0 Å². The molecule has 0 unspecified atom stereocenters. The first-order valence-electron chi connectivity index (χ1n) is 8.27.